The van der Waals surface area contributed by atoms with Crippen molar-refractivity contribution in [2.24, 2.45) is 0 Å². The smallest absolute Gasteiger partial charge is 0.416 e. The Morgan fingerprint density at radius 2 is 1.72 bits per heavy atom. The molecule has 0 aliphatic carbocycles. The van der Waals surface area contributed by atoms with Crippen LogP contribution in [0.25, 0.3) is 10.8 Å². The quantitative estimate of drug-likeness (QED) is 0.395. The van der Waals surface area contributed by atoms with Gasteiger partial charge in [0.15, 0.2) is 15.9 Å². The summed E-state index contributed by atoms with van der Waals surface area (Å²) in [7, 11) is -3.57. The fraction of sp³-hybridized carbons (Fsp3) is 0.423. The number of amides is 1. The lowest BCUT2D eigenvalue weighted by Gasteiger charge is -2.43. The molecular weight excluding hydrogens is 547 g/mol. The molecule has 1 amide bonds. The van der Waals surface area contributed by atoms with E-state index in [9.17, 15) is 35.2 Å². The molecule has 4 atom stereocenters. The number of rotatable bonds is 4. The third kappa shape index (κ3) is 6.52. The first-order valence-electron chi connectivity index (χ1n) is 11.9. The molecule has 0 unspecified atom stereocenters. The highest BCUT2D eigenvalue weighted by Gasteiger charge is 2.53. The molecule has 0 saturated carbocycles. The number of nitrogens with one attached hydrogen (secondary N) is 1. The highest BCUT2D eigenvalue weighted by atomic mass is 32.2. The van der Waals surface area contributed by atoms with E-state index in [0.717, 1.165) is 24.5 Å². The van der Waals surface area contributed by atoms with E-state index >= 15 is 0 Å². The molecule has 2 heterocycles. The van der Waals surface area contributed by atoms with Crippen LogP contribution in [0.2, 0.25) is 0 Å². The number of aromatic nitrogens is 1. The van der Waals surface area contributed by atoms with Gasteiger partial charge in [0.2, 0.25) is 0 Å². The van der Waals surface area contributed by atoms with Gasteiger partial charge in [-0.15, -0.1) is 0 Å². The zero-order valence-electron chi connectivity index (χ0n) is 21.4. The van der Waals surface area contributed by atoms with Crippen molar-refractivity contribution < 1.29 is 44.6 Å². The van der Waals surface area contributed by atoms with Crippen molar-refractivity contribution >= 4 is 26.7 Å². The van der Waals surface area contributed by atoms with E-state index in [1.807, 2.05) is 0 Å². The van der Waals surface area contributed by atoms with Gasteiger partial charge in [0, 0.05) is 29.6 Å². The molecule has 1 fully saturated rings. The molecule has 1 saturated heterocycles. The van der Waals surface area contributed by atoms with Crippen LogP contribution in [0.5, 0.6) is 0 Å². The maximum absolute atomic E-state index is 14.7. The molecule has 2 aromatic carbocycles. The normalized spacial score (nSPS) is 22.6. The Kier molecular flexibility index (Phi) is 7.45. The first-order valence-corrected chi connectivity index (χ1v) is 13.8. The molecule has 212 valence electrons. The summed E-state index contributed by atoms with van der Waals surface area (Å²) in [5, 5.41) is 3.31. The Hall–Kier alpha value is -3.19. The van der Waals surface area contributed by atoms with Crippen LogP contribution in [0.15, 0.2) is 53.7 Å². The van der Waals surface area contributed by atoms with Crippen LogP contribution in [-0.4, -0.2) is 49.3 Å². The van der Waals surface area contributed by atoms with Gasteiger partial charge in [0.05, 0.1) is 17.0 Å². The van der Waals surface area contributed by atoms with E-state index in [4.69, 9.17) is 9.47 Å². The van der Waals surface area contributed by atoms with Crippen molar-refractivity contribution in [3.05, 3.63) is 66.0 Å². The number of hydrogen-bond donors (Lipinski definition) is 1. The number of benzene rings is 2. The number of ether oxygens (including phenoxy) is 2. The molecule has 1 aromatic heterocycles. The fourth-order valence-corrected chi connectivity index (χ4v) is 5.26. The van der Waals surface area contributed by atoms with Crippen LogP contribution in [0.4, 0.5) is 26.7 Å². The number of carbonyl (C=O) groups excluding carboxylic acids is 1. The third-order valence-corrected chi connectivity index (χ3v) is 7.35. The lowest BCUT2D eigenvalue weighted by atomic mass is 9.89. The minimum absolute atomic E-state index is 0.00821. The Bertz CT molecular complexity index is 1500. The lowest BCUT2D eigenvalue weighted by molar-refractivity contribution is -0.264. The summed E-state index contributed by atoms with van der Waals surface area (Å²) in [6, 6.07) is 3.77. The molecule has 13 heteroatoms. The van der Waals surface area contributed by atoms with Gasteiger partial charge in [-0.3, -0.25) is 0 Å². The van der Waals surface area contributed by atoms with Gasteiger partial charge in [0.25, 0.3) is 0 Å². The standard InChI is InChI=1S/C26H27F5N2O5S/c1-25(2,3)38-24(34)32-20-11-21(33-12-14-5-7-17(39(4,35)36)9-15(14)13-33)23(26(29,30)31)37-22(20)18-10-16(27)6-8-19(18)28/h5-10,12-13,20-23H,11H2,1-4H3,(H,32,34)/t20-,21+,22+,23-/m0/s1. The Labute approximate surface area is 221 Å². The second-order valence-corrected chi connectivity index (χ2v) is 12.5. The summed E-state index contributed by atoms with van der Waals surface area (Å²) < 4.78 is 108. The predicted octanol–water partition coefficient (Wildman–Crippen LogP) is 5.85. The topological polar surface area (TPSA) is 86.6 Å². The molecule has 4 rings (SSSR count). The largest absolute Gasteiger partial charge is 0.444 e. The molecule has 1 aliphatic rings. The molecule has 1 N–H and O–H groups in total. The second kappa shape index (κ2) is 10.1. The average molecular weight is 575 g/mol. The van der Waals surface area contributed by atoms with Gasteiger partial charge in [-0.25, -0.2) is 22.0 Å². The molecular formula is C26H27F5N2O5S. The first-order chi connectivity index (χ1) is 17.9. The summed E-state index contributed by atoms with van der Waals surface area (Å²) >= 11 is 0. The van der Waals surface area contributed by atoms with Gasteiger partial charge in [-0.2, -0.15) is 13.2 Å². The summed E-state index contributed by atoms with van der Waals surface area (Å²) in [5.41, 5.74) is -1.43. The fourth-order valence-electron chi connectivity index (χ4n) is 4.60. The van der Waals surface area contributed by atoms with Crippen LogP contribution < -0.4 is 5.32 Å². The summed E-state index contributed by atoms with van der Waals surface area (Å²) in [6.45, 7) is 4.77. The molecule has 1 aliphatic heterocycles. The number of hydrogen-bond acceptors (Lipinski definition) is 5. The predicted molar refractivity (Wildman–Crippen MR) is 132 cm³/mol. The highest BCUT2D eigenvalue weighted by Crippen LogP contribution is 2.45. The molecule has 0 spiro atoms. The zero-order chi connectivity index (χ0) is 28.9. The van der Waals surface area contributed by atoms with E-state index in [1.54, 1.807) is 20.8 Å². The van der Waals surface area contributed by atoms with Gasteiger partial charge in [-0.05, 0) is 62.9 Å². The number of alkyl halides is 3. The van der Waals surface area contributed by atoms with Crippen LogP contribution in [0.3, 0.4) is 0 Å². The van der Waals surface area contributed by atoms with Gasteiger partial charge < -0.3 is 19.4 Å². The molecule has 7 nitrogen and oxygen atoms in total. The summed E-state index contributed by atoms with van der Waals surface area (Å²) in [5.74, 6) is -1.90. The maximum atomic E-state index is 14.7. The minimum atomic E-state index is -4.93. The van der Waals surface area contributed by atoms with Crippen molar-refractivity contribution in [3.63, 3.8) is 0 Å². The van der Waals surface area contributed by atoms with E-state index in [1.165, 1.54) is 35.2 Å². The van der Waals surface area contributed by atoms with Gasteiger partial charge in [-0.1, -0.05) is 6.07 Å². The number of fused-ring (bicyclic) bond motifs is 1. The summed E-state index contributed by atoms with van der Waals surface area (Å²) in [6.07, 6.45) is -6.71. The van der Waals surface area contributed by atoms with E-state index in [-0.39, 0.29) is 4.90 Å². The van der Waals surface area contributed by atoms with E-state index in [2.05, 4.69) is 5.32 Å². The summed E-state index contributed by atoms with van der Waals surface area (Å²) in [4.78, 5) is 12.6. The van der Waals surface area contributed by atoms with Crippen LogP contribution in [0.1, 0.15) is 44.9 Å². The molecule has 0 radical (unpaired) electrons. The van der Waals surface area contributed by atoms with Crippen molar-refractivity contribution in [1.82, 2.24) is 9.88 Å². The number of nitrogens with zero attached hydrogens (tertiary/aromatic N) is 1. The van der Waals surface area contributed by atoms with E-state index in [0.29, 0.717) is 10.8 Å². The monoisotopic (exact) mass is 574 g/mol. The van der Waals surface area contributed by atoms with Crippen molar-refractivity contribution in [3.8, 4) is 0 Å². The van der Waals surface area contributed by atoms with Crippen molar-refractivity contribution in [2.45, 2.75) is 68.2 Å². The SMILES string of the molecule is CC(C)(C)OC(=O)N[C@H]1C[C@@H](n2cc3ccc(S(C)(=O)=O)cc3c2)[C@@H](C(F)(F)F)O[C@@H]1c1cc(F)ccc1F. The third-order valence-electron chi connectivity index (χ3n) is 6.24. The average Bonchev–Trinajstić information content (AvgIpc) is 3.21. The lowest BCUT2D eigenvalue weighted by Crippen LogP contribution is -2.53. The second-order valence-electron chi connectivity index (χ2n) is 10.5. The molecule has 0 bridgehead atoms. The van der Waals surface area contributed by atoms with Crippen LogP contribution in [0, 0.1) is 11.6 Å². The number of carbonyl (C=O) groups is 1. The zero-order valence-corrected chi connectivity index (χ0v) is 22.2. The van der Waals surface area contributed by atoms with Crippen molar-refractivity contribution in [2.75, 3.05) is 6.26 Å². The number of halogens is 5. The van der Waals surface area contributed by atoms with Gasteiger partial charge >= 0.3 is 12.3 Å². The molecule has 3 aromatic rings. The van der Waals surface area contributed by atoms with Crippen LogP contribution in [-0.2, 0) is 19.3 Å². The Morgan fingerprint density at radius 3 is 2.33 bits per heavy atom. The Balaban J connectivity index is 1.79. The van der Waals surface area contributed by atoms with E-state index < -0.39 is 75.6 Å². The molecule has 39 heavy (non-hydrogen) atoms. The highest BCUT2D eigenvalue weighted by molar-refractivity contribution is 7.90. The number of alkyl carbamates (subject to hydrolysis) is 1. The van der Waals surface area contributed by atoms with Gasteiger partial charge in [0.1, 0.15) is 23.3 Å². The minimum Gasteiger partial charge on any atom is -0.444 e. The van der Waals surface area contributed by atoms with Crippen molar-refractivity contribution in [1.29, 1.82) is 0 Å². The number of sulfone groups is 1. The Morgan fingerprint density at radius 1 is 1.05 bits per heavy atom. The first kappa shape index (κ1) is 28.8. The maximum Gasteiger partial charge on any atom is 0.416 e. The van der Waals surface area contributed by atoms with Crippen LogP contribution >= 0.6 is 0 Å².